The Kier molecular flexibility index (Phi) is 6.10. The van der Waals surface area contributed by atoms with Crippen molar-refractivity contribution in [3.63, 3.8) is 0 Å². The first kappa shape index (κ1) is 16.2. The lowest BCUT2D eigenvalue weighted by Gasteiger charge is -2.33. The minimum atomic E-state index is 0.328. The van der Waals surface area contributed by atoms with E-state index < -0.39 is 0 Å². The molecule has 0 aliphatic carbocycles. The van der Waals surface area contributed by atoms with E-state index in [0.717, 1.165) is 51.0 Å². The summed E-state index contributed by atoms with van der Waals surface area (Å²) in [5, 5.41) is 0. The van der Waals surface area contributed by atoms with Crippen molar-refractivity contribution in [2.75, 3.05) is 59.2 Å². The number of carbonyl (C=O) groups excluding carboxylic acids is 1. The second kappa shape index (κ2) is 8.27. The zero-order valence-electron chi connectivity index (χ0n) is 13.7. The van der Waals surface area contributed by atoms with Crippen molar-refractivity contribution in [2.24, 2.45) is 11.8 Å². The van der Waals surface area contributed by atoms with Crippen molar-refractivity contribution >= 4 is 5.91 Å². The molecule has 5 nitrogen and oxygen atoms in total. The molecule has 3 aliphatic rings. The number of amides is 1. The van der Waals surface area contributed by atoms with Crippen LogP contribution in [0.4, 0.5) is 0 Å². The van der Waals surface area contributed by atoms with E-state index in [-0.39, 0.29) is 0 Å². The second-order valence-corrected chi connectivity index (χ2v) is 7.01. The van der Waals surface area contributed by atoms with E-state index in [1.54, 1.807) is 0 Å². The highest BCUT2D eigenvalue weighted by Crippen LogP contribution is 2.24. The minimum Gasteiger partial charge on any atom is -0.381 e. The van der Waals surface area contributed by atoms with E-state index in [0.29, 0.717) is 19.1 Å². The predicted molar refractivity (Wildman–Crippen MR) is 84.7 cm³/mol. The van der Waals surface area contributed by atoms with Crippen LogP contribution in [-0.4, -0.2) is 74.9 Å². The molecular formula is C17H30N2O3. The molecule has 0 saturated carbocycles. The van der Waals surface area contributed by atoms with Crippen LogP contribution in [0.1, 0.15) is 32.1 Å². The second-order valence-electron chi connectivity index (χ2n) is 7.01. The third kappa shape index (κ3) is 4.67. The lowest BCUT2D eigenvalue weighted by molar-refractivity contribution is -0.135. The van der Waals surface area contributed by atoms with E-state index in [1.807, 2.05) is 4.90 Å². The zero-order valence-corrected chi connectivity index (χ0v) is 13.7. The number of hydrogen-bond donors (Lipinski definition) is 0. The Hall–Kier alpha value is -0.650. The van der Waals surface area contributed by atoms with Gasteiger partial charge in [-0.2, -0.15) is 0 Å². The summed E-state index contributed by atoms with van der Waals surface area (Å²) in [5.74, 6) is 1.81. The van der Waals surface area contributed by atoms with Crippen molar-refractivity contribution in [2.45, 2.75) is 32.1 Å². The largest absolute Gasteiger partial charge is 0.381 e. The van der Waals surface area contributed by atoms with Gasteiger partial charge in [-0.05, 0) is 50.6 Å². The topological polar surface area (TPSA) is 42.0 Å². The fraction of sp³-hybridized carbons (Fsp3) is 0.941. The van der Waals surface area contributed by atoms with Crippen LogP contribution >= 0.6 is 0 Å². The molecule has 3 saturated heterocycles. The molecule has 3 aliphatic heterocycles. The van der Waals surface area contributed by atoms with E-state index in [2.05, 4.69) is 4.90 Å². The maximum atomic E-state index is 12.2. The van der Waals surface area contributed by atoms with E-state index >= 15 is 0 Å². The highest BCUT2D eigenvalue weighted by molar-refractivity contribution is 5.76. The molecule has 3 fully saturated rings. The standard InChI is InChI=1S/C17H30N2O3/c20-17(19-8-11-21-12-9-19)2-1-15-3-6-18(7-4-15)13-16-5-10-22-14-16/h15-16H,1-14H2/t16-/m0/s1. The highest BCUT2D eigenvalue weighted by Gasteiger charge is 2.25. The van der Waals surface area contributed by atoms with Gasteiger partial charge in [0.1, 0.15) is 0 Å². The summed E-state index contributed by atoms with van der Waals surface area (Å²) in [6.45, 7) is 8.48. The molecule has 1 amide bonds. The molecule has 0 unspecified atom stereocenters. The molecule has 0 radical (unpaired) electrons. The number of hydrogen-bond acceptors (Lipinski definition) is 4. The maximum Gasteiger partial charge on any atom is 0.222 e. The summed E-state index contributed by atoms with van der Waals surface area (Å²) in [5.41, 5.74) is 0. The Balaban J connectivity index is 1.30. The van der Waals surface area contributed by atoms with Gasteiger partial charge in [-0.1, -0.05) is 0 Å². The van der Waals surface area contributed by atoms with E-state index in [4.69, 9.17) is 9.47 Å². The maximum absolute atomic E-state index is 12.2. The van der Waals surface area contributed by atoms with Gasteiger partial charge in [-0.3, -0.25) is 4.79 Å². The number of likely N-dealkylation sites (tertiary alicyclic amines) is 1. The number of piperidine rings is 1. The summed E-state index contributed by atoms with van der Waals surface area (Å²) in [4.78, 5) is 16.7. The average Bonchev–Trinajstić information content (AvgIpc) is 3.08. The lowest BCUT2D eigenvalue weighted by Crippen LogP contribution is -2.41. The van der Waals surface area contributed by atoms with Crippen LogP contribution in [0.5, 0.6) is 0 Å². The fourth-order valence-electron chi connectivity index (χ4n) is 3.85. The Morgan fingerprint density at radius 3 is 2.36 bits per heavy atom. The smallest absolute Gasteiger partial charge is 0.222 e. The van der Waals surface area contributed by atoms with Crippen LogP contribution in [0.25, 0.3) is 0 Å². The molecule has 0 aromatic carbocycles. The van der Waals surface area contributed by atoms with Crippen molar-refractivity contribution < 1.29 is 14.3 Å². The summed E-state index contributed by atoms with van der Waals surface area (Å²) in [6.07, 6.45) is 5.53. The molecule has 0 N–H and O–H groups in total. The summed E-state index contributed by atoms with van der Waals surface area (Å²) < 4.78 is 10.8. The summed E-state index contributed by atoms with van der Waals surface area (Å²) in [7, 11) is 0. The normalized spacial score (nSPS) is 28.2. The van der Waals surface area contributed by atoms with Crippen LogP contribution < -0.4 is 0 Å². The Morgan fingerprint density at radius 2 is 1.68 bits per heavy atom. The number of nitrogens with zero attached hydrogens (tertiary/aromatic N) is 2. The van der Waals surface area contributed by atoms with Gasteiger partial charge in [0.15, 0.2) is 0 Å². The van der Waals surface area contributed by atoms with Gasteiger partial charge in [0.05, 0.1) is 19.8 Å². The Labute approximate surface area is 133 Å². The first-order chi connectivity index (χ1) is 10.8. The van der Waals surface area contributed by atoms with Crippen LogP contribution in [0.2, 0.25) is 0 Å². The molecule has 1 atom stereocenters. The van der Waals surface area contributed by atoms with Crippen LogP contribution in [-0.2, 0) is 14.3 Å². The monoisotopic (exact) mass is 310 g/mol. The van der Waals surface area contributed by atoms with Crippen LogP contribution in [0, 0.1) is 11.8 Å². The Bertz CT molecular complexity index is 344. The van der Waals surface area contributed by atoms with Crippen LogP contribution in [0.15, 0.2) is 0 Å². The molecule has 5 heteroatoms. The van der Waals surface area contributed by atoms with Gasteiger partial charge >= 0.3 is 0 Å². The third-order valence-corrected chi connectivity index (χ3v) is 5.38. The third-order valence-electron chi connectivity index (χ3n) is 5.38. The molecule has 3 heterocycles. The number of ether oxygens (including phenoxy) is 2. The van der Waals surface area contributed by atoms with E-state index in [9.17, 15) is 4.79 Å². The summed E-state index contributed by atoms with van der Waals surface area (Å²) >= 11 is 0. The van der Waals surface area contributed by atoms with Crippen molar-refractivity contribution in [1.82, 2.24) is 9.80 Å². The molecule has 3 rings (SSSR count). The quantitative estimate of drug-likeness (QED) is 0.769. The lowest BCUT2D eigenvalue weighted by atomic mass is 9.91. The van der Waals surface area contributed by atoms with Crippen LogP contribution in [0.3, 0.4) is 0 Å². The molecule has 0 bridgehead atoms. The predicted octanol–water partition coefficient (Wildman–Crippen LogP) is 1.37. The molecule has 126 valence electrons. The van der Waals surface area contributed by atoms with Gasteiger partial charge in [-0.25, -0.2) is 0 Å². The minimum absolute atomic E-state index is 0.328. The zero-order chi connectivity index (χ0) is 15.2. The van der Waals surface area contributed by atoms with Gasteiger partial charge in [0, 0.05) is 32.7 Å². The molecular weight excluding hydrogens is 280 g/mol. The van der Waals surface area contributed by atoms with Crippen molar-refractivity contribution in [1.29, 1.82) is 0 Å². The average molecular weight is 310 g/mol. The van der Waals surface area contributed by atoms with Gasteiger partial charge in [0.25, 0.3) is 0 Å². The number of morpholine rings is 1. The first-order valence-corrected chi connectivity index (χ1v) is 8.97. The van der Waals surface area contributed by atoms with Gasteiger partial charge < -0.3 is 19.3 Å². The highest BCUT2D eigenvalue weighted by atomic mass is 16.5. The molecule has 0 aromatic rings. The van der Waals surface area contributed by atoms with E-state index in [1.165, 1.54) is 38.9 Å². The van der Waals surface area contributed by atoms with Crippen molar-refractivity contribution in [3.8, 4) is 0 Å². The first-order valence-electron chi connectivity index (χ1n) is 8.97. The van der Waals surface area contributed by atoms with Gasteiger partial charge in [-0.15, -0.1) is 0 Å². The molecule has 0 aromatic heterocycles. The SMILES string of the molecule is O=C(CCC1CCN(C[C@@H]2CCOC2)CC1)N1CCOCC1. The molecule has 22 heavy (non-hydrogen) atoms. The molecule has 0 spiro atoms. The Morgan fingerprint density at radius 1 is 0.909 bits per heavy atom. The fourth-order valence-corrected chi connectivity index (χ4v) is 3.85. The van der Waals surface area contributed by atoms with Gasteiger partial charge in [0.2, 0.25) is 5.91 Å². The summed E-state index contributed by atoms with van der Waals surface area (Å²) in [6, 6.07) is 0. The number of rotatable bonds is 5. The number of carbonyl (C=O) groups is 1. The van der Waals surface area contributed by atoms with Crippen molar-refractivity contribution in [3.05, 3.63) is 0 Å².